The molecule has 2 saturated heterocycles. The fraction of sp³-hybridized carbons (Fsp3) is 0.364. The molecule has 140 valence electrons. The van der Waals surface area contributed by atoms with Gasteiger partial charge in [0.2, 0.25) is 11.8 Å². The van der Waals surface area contributed by atoms with Crippen molar-refractivity contribution < 1.29 is 9.59 Å². The van der Waals surface area contributed by atoms with Crippen LogP contribution in [0.3, 0.4) is 0 Å². The summed E-state index contributed by atoms with van der Waals surface area (Å²) in [4.78, 5) is 31.3. The average molecular weight is 363 g/mol. The molecule has 0 bridgehead atoms. The number of likely N-dealkylation sites (tertiary alicyclic amines) is 1. The SMILES string of the molecule is O=C1C[C@H](C(=O)N2CCN(c3ccccc3)CC2)CN1Cc1ccccc1. The quantitative estimate of drug-likeness (QED) is 0.838. The van der Waals surface area contributed by atoms with Crippen LogP contribution in [0, 0.1) is 5.92 Å². The molecule has 0 N–H and O–H groups in total. The number of piperazine rings is 1. The van der Waals surface area contributed by atoms with Crippen LogP contribution in [0.2, 0.25) is 0 Å². The molecule has 0 saturated carbocycles. The predicted octanol–water partition coefficient (Wildman–Crippen LogP) is 2.38. The van der Waals surface area contributed by atoms with Crippen LogP contribution in [-0.2, 0) is 16.1 Å². The van der Waals surface area contributed by atoms with Crippen molar-refractivity contribution in [1.29, 1.82) is 0 Å². The van der Waals surface area contributed by atoms with Crippen LogP contribution >= 0.6 is 0 Å². The summed E-state index contributed by atoms with van der Waals surface area (Å²) in [6.07, 6.45) is 0.338. The first-order valence-corrected chi connectivity index (χ1v) is 9.61. The largest absolute Gasteiger partial charge is 0.368 e. The highest BCUT2D eigenvalue weighted by molar-refractivity contribution is 5.89. The molecule has 0 radical (unpaired) electrons. The molecule has 0 unspecified atom stereocenters. The maximum Gasteiger partial charge on any atom is 0.228 e. The van der Waals surface area contributed by atoms with Gasteiger partial charge in [0.25, 0.3) is 0 Å². The number of carbonyl (C=O) groups excluding carboxylic acids is 2. The van der Waals surface area contributed by atoms with E-state index in [2.05, 4.69) is 17.0 Å². The predicted molar refractivity (Wildman–Crippen MR) is 105 cm³/mol. The summed E-state index contributed by atoms with van der Waals surface area (Å²) in [7, 11) is 0. The third-order valence-electron chi connectivity index (χ3n) is 5.49. The van der Waals surface area contributed by atoms with Crippen molar-refractivity contribution in [3.05, 3.63) is 66.2 Å². The van der Waals surface area contributed by atoms with Gasteiger partial charge in [-0.15, -0.1) is 0 Å². The zero-order valence-corrected chi connectivity index (χ0v) is 15.5. The van der Waals surface area contributed by atoms with E-state index < -0.39 is 0 Å². The van der Waals surface area contributed by atoms with Gasteiger partial charge in [0.1, 0.15) is 0 Å². The standard InChI is InChI=1S/C22H25N3O2/c26-21-15-19(17-25(21)16-18-7-3-1-4-8-18)22(27)24-13-11-23(12-14-24)20-9-5-2-6-10-20/h1-10,19H,11-17H2/t19-/m0/s1. The number of hydrogen-bond acceptors (Lipinski definition) is 3. The lowest BCUT2D eigenvalue weighted by Crippen LogP contribution is -2.50. The molecule has 2 fully saturated rings. The van der Waals surface area contributed by atoms with Crippen LogP contribution < -0.4 is 4.90 Å². The molecular weight excluding hydrogens is 338 g/mol. The fourth-order valence-electron chi connectivity index (χ4n) is 3.98. The monoisotopic (exact) mass is 363 g/mol. The molecule has 0 aromatic heterocycles. The highest BCUT2D eigenvalue weighted by Crippen LogP contribution is 2.23. The smallest absolute Gasteiger partial charge is 0.228 e. The number of para-hydroxylation sites is 1. The number of hydrogen-bond donors (Lipinski definition) is 0. The first-order chi connectivity index (χ1) is 13.2. The zero-order valence-electron chi connectivity index (χ0n) is 15.5. The lowest BCUT2D eigenvalue weighted by molar-refractivity contribution is -0.136. The Morgan fingerprint density at radius 2 is 1.52 bits per heavy atom. The third-order valence-corrected chi connectivity index (χ3v) is 5.49. The Bertz CT molecular complexity index is 786. The van der Waals surface area contributed by atoms with E-state index in [0.717, 1.165) is 31.7 Å². The molecule has 2 aliphatic rings. The van der Waals surface area contributed by atoms with E-state index in [9.17, 15) is 9.59 Å². The molecule has 2 aromatic rings. The van der Waals surface area contributed by atoms with Gasteiger partial charge in [-0.25, -0.2) is 0 Å². The maximum atomic E-state index is 12.9. The van der Waals surface area contributed by atoms with E-state index >= 15 is 0 Å². The van der Waals surface area contributed by atoms with Crippen molar-refractivity contribution in [2.45, 2.75) is 13.0 Å². The molecule has 2 aliphatic heterocycles. The summed E-state index contributed by atoms with van der Waals surface area (Å²) in [5.74, 6) is 0.0104. The van der Waals surface area contributed by atoms with Crippen LogP contribution in [0.15, 0.2) is 60.7 Å². The lowest BCUT2D eigenvalue weighted by Gasteiger charge is -2.37. The molecule has 0 spiro atoms. The summed E-state index contributed by atoms with van der Waals surface area (Å²) in [5, 5.41) is 0. The Hall–Kier alpha value is -2.82. The van der Waals surface area contributed by atoms with Crippen molar-refractivity contribution in [2.75, 3.05) is 37.6 Å². The van der Waals surface area contributed by atoms with Gasteiger partial charge in [0.05, 0.1) is 5.92 Å². The highest BCUT2D eigenvalue weighted by Gasteiger charge is 2.37. The number of anilines is 1. The molecule has 2 heterocycles. The normalized spacial score (nSPS) is 20.2. The first kappa shape index (κ1) is 17.6. The van der Waals surface area contributed by atoms with Gasteiger partial charge < -0.3 is 14.7 Å². The first-order valence-electron chi connectivity index (χ1n) is 9.61. The van der Waals surface area contributed by atoms with Crippen molar-refractivity contribution >= 4 is 17.5 Å². The topological polar surface area (TPSA) is 43.9 Å². The molecule has 5 heteroatoms. The van der Waals surface area contributed by atoms with E-state index in [4.69, 9.17) is 0 Å². The van der Waals surface area contributed by atoms with Crippen LogP contribution in [0.1, 0.15) is 12.0 Å². The number of carbonyl (C=O) groups is 2. The molecule has 0 aliphatic carbocycles. The minimum atomic E-state index is -0.204. The molecule has 2 amide bonds. The molecule has 4 rings (SSSR count). The second kappa shape index (κ2) is 7.82. The van der Waals surface area contributed by atoms with E-state index in [1.54, 1.807) is 0 Å². The van der Waals surface area contributed by atoms with Crippen LogP contribution in [0.4, 0.5) is 5.69 Å². The Labute approximate surface area is 160 Å². The fourth-order valence-corrected chi connectivity index (χ4v) is 3.98. The molecule has 5 nitrogen and oxygen atoms in total. The Balaban J connectivity index is 1.32. The summed E-state index contributed by atoms with van der Waals surface area (Å²) in [5.41, 5.74) is 2.31. The molecule has 27 heavy (non-hydrogen) atoms. The Morgan fingerprint density at radius 1 is 0.889 bits per heavy atom. The molecule has 2 aromatic carbocycles. The highest BCUT2D eigenvalue weighted by atomic mass is 16.2. The van der Waals surface area contributed by atoms with E-state index in [1.807, 2.05) is 58.3 Å². The van der Waals surface area contributed by atoms with E-state index in [0.29, 0.717) is 19.5 Å². The third kappa shape index (κ3) is 3.97. The second-order valence-corrected chi connectivity index (χ2v) is 7.31. The summed E-state index contributed by atoms with van der Waals surface area (Å²) < 4.78 is 0. The van der Waals surface area contributed by atoms with E-state index in [-0.39, 0.29) is 17.7 Å². The van der Waals surface area contributed by atoms with Crippen molar-refractivity contribution in [3.8, 4) is 0 Å². The number of benzene rings is 2. The van der Waals surface area contributed by atoms with Gasteiger partial charge in [-0.2, -0.15) is 0 Å². The summed E-state index contributed by atoms with van der Waals surface area (Å²) in [6.45, 7) is 4.24. The average Bonchev–Trinajstić information content (AvgIpc) is 3.09. The summed E-state index contributed by atoms with van der Waals surface area (Å²) >= 11 is 0. The van der Waals surface area contributed by atoms with Gasteiger partial charge >= 0.3 is 0 Å². The van der Waals surface area contributed by atoms with Crippen LogP contribution in [0.25, 0.3) is 0 Å². The molecular formula is C22H25N3O2. The minimum Gasteiger partial charge on any atom is -0.368 e. The Kier molecular flexibility index (Phi) is 5.10. The second-order valence-electron chi connectivity index (χ2n) is 7.31. The Morgan fingerprint density at radius 3 is 2.19 bits per heavy atom. The number of rotatable bonds is 4. The van der Waals surface area contributed by atoms with Crippen molar-refractivity contribution in [1.82, 2.24) is 9.80 Å². The van der Waals surface area contributed by atoms with Crippen molar-refractivity contribution in [2.24, 2.45) is 5.92 Å². The van der Waals surface area contributed by atoms with Gasteiger partial charge in [0, 0.05) is 51.4 Å². The van der Waals surface area contributed by atoms with E-state index in [1.165, 1.54) is 5.69 Å². The maximum absolute atomic E-state index is 12.9. The molecule has 1 atom stereocenters. The minimum absolute atomic E-state index is 0.0834. The number of amides is 2. The van der Waals surface area contributed by atoms with Gasteiger partial charge in [-0.05, 0) is 17.7 Å². The van der Waals surface area contributed by atoms with Gasteiger partial charge in [-0.1, -0.05) is 48.5 Å². The lowest BCUT2D eigenvalue weighted by atomic mass is 10.1. The van der Waals surface area contributed by atoms with Crippen molar-refractivity contribution in [3.63, 3.8) is 0 Å². The zero-order chi connectivity index (χ0) is 18.6. The van der Waals surface area contributed by atoms with Gasteiger partial charge in [0.15, 0.2) is 0 Å². The number of nitrogens with zero attached hydrogens (tertiary/aromatic N) is 3. The van der Waals surface area contributed by atoms with Crippen LogP contribution in [-0.4, -0.2) is 54.3 Å². The summed E-state index contributed by atoms with van der Waals surface area (Å²) in [6, 6.07) is 20.3. The van der Waals surface area contributed by atoms with Gasteiger partial charge in [-0.3, -0.25) is 9.59 Å². The van der Waals surface area contributed by atoms with Crippen LogP contribution in [0.5, 0.6) is 0 Å².